The maximum absolute atomic E-state index is 9.33. The van der Waals surface area contributed by atoms with Crippen molar-refractivity contribution in [1.82, 2.24) is 0 Å². The summed E-state index contributed by atoms with van der Waals surface area (Å²) in [4.78, 5) is 0. The predicted octanol–water partition coefficient (Wildman–Crippen LogP) is 2.54. The first-order valence-corrected chi connectivity index (χ1v) is 3.82. The molecule has 60 valence electrons. The highest BCUT2D eigenvalue weighted by Crippen LogP contribution is 2.20. The molecule has 0 aromatic carbocycles. The first-order chi connectivity index (χ1) is 4.34. The molecule has 0 amide bonds. The van der Waals surface area contributed by atoms with Gasteiger partial charge in [-0.15, -0.1) is 0 Å². The fourth-order valence-electron chi connectivity index (χ4n) is 0.497. The lowest BCUT2D eigenvalue weighted by atomic mass is 10.1. The molecule has 0 fully saturated rings. The van der Waals surface area contributed by atoms with E-state index in [1.165, 1.54) is 0 Å². The molecule has 0 aromatic rings. The molecular formula is C8H15ClO. The van der Waals surface area contributed by atoms with E-state index in [1.54, 1.807) is 13.8 Å². The van der Waals surface area contributed by atoms with Gasteiger partial charge in [-0.1, -0.05) is 31.5 Å². The summed E-state index contributed by atoms with van der Waals surface area (Å²) in [7, 11) is 0. The highest BCUT2D eigenvalue weighted by Gasteiger charge is 2.16. The Bertz CT molecular complexity index is 131. The Morgan fingerprint density at radius 3 is 2.00 bits per heavy atom. The molecule has 0 aromatic heterocycles. The third kappa shape index (κ3) is 3.91. The fourth-order valence-corrected chi connectivity index (χ4v) is 0.749. The molecule has 0 aliphatic rings. The zero-order chi connectivity index (χ0) is 8.36. The summed E-state index contributed by atoms with van der Waals surface area (Å²) in [6.45, 7) is 7.39. The van der Waals surface area contributed by atoms with E-state index in [-0.39, 0.29) is 0 Å². The second-order valence-electron chi connectivity index (χ2n) is 3.32. The largest absolute Gasteiger partial charge is 0.385 e. The van der Waals surface area contributed by atoms with Gasteiger partial charge in [-0.3, -0.25) is 0 Å². The van der Waals surface area contributed by atoms with Crippen molar-refractivity contribution in [2.75, 3.05) is 0 Å². The van der Waals surface area contributed by atoms with E-state index in [0.29, 0.717) is 11.0 Å². The molecule has 0 radical (unpaired) electrons. The van der Waals surface area contributed by atoms with Crippen LogP contribution < -0.4 is 0 Å². The molecule has 0 aliphatic heterocycles. The van der Waals surface area contributed by atoms with E-state index < -0.39 is 5.60 Å². The van der Waals surface area contributed by atoms with Crippen molar-refractivity contribution in [2.45, 2.75) is 33.3 Å². The Hall–Kier alpha value is -0.0100. The second-order valence-corrected chi connectivity index (χ2v) is 3.72. The monoisotopic (exact) mass is 162 g/mol. The van der Waals surface area contributed by atoms with Crippen molar-refractivity contribution in [3.63, 3.8) is 0 Å². The van der Waals surface area contributed by atoms with Crippen LogP contribution in [0.25, 0.3) is 0 Å². The molecule has 2 heteroatoms. The number of aliphatic hydroxyl groups is 1. The summed E-state index contributed by atoms with van der Waals surface area (Å²) in [5.41, 5.74) is -0.883. The van der Waals surface area contributed by atoms with Gasteiger partial charge in [0.2, 0.25) is 0 Å². The molecule has 0 bridgehead atoms. The summed E-state index contributed by atoms with van der Waals surface area (Å²) >= 11 is 5.76. The van der Waals surface area contributed by atoms with Gasteiger partial charge >= 0.3 is 0 Å². The van der Waals surface area contributed by atoms with Crippen molar-refractivity contribution < 1.29 is 5.11 Å². The maximum atomic E-state index is 9.33. The summed E-state index contributed by atoms with van der Waals surface area (Å²) < 4.78 is 0. The summed E-state index contributed by atoms with van der Waals surface area (Å²) in [6.07, 6.45) is 1.85. The van der Waals surface area contributed by atoms with Crippen molar-refractivity contribution in [3.05, 3.63) is 11.1 Å². The molecule has 1 N–H and O–H groups in total. The lowest BCUT2D eigenvalue weighted by molar-refractivity contribution is 0.127. The van der Waals surface area contributed by atoms with Gasteiger partial charge in [0, 0.05) is 5.03 Å². The molecule has 1 nitrogen and oxygen atoms in total. The molecule has 0 saturated carbocycles. The molecular weight excluding hydrogens is 148 g/mol. The molecule has 0 spiro atoms. The molecule has 0 saturated heterocycles. The van der Waals surface area contributed by atoms with Gasteiger partial charge in [-0.2, -0.15) is 0 Å². The highest BCUT2D eigenvalue weighted by molar-refractivity contribution is 6.30. The van der Waals surface area contributed by atoms with Crippen LogP contribution >= 0.6 is 11.6 Å². The third-order valence-electron chi connectivity index (χ3n) is 1.06. The summed E-state index contributed by atoms with van der Waals surface area (Å²) in [5, 5.41) is 9.85. The quantitative estimate of drug-likeness (QED) is 0.662. The molecule has 0 aliphatic carbocycles. The number of hydrogen-bond donors (Lipinski definition) is 1. The summed E-state index contributed by atoms with van der Waals surface area (Å²) in [5.74, 6) is 0.388. The van der Waals surface area contributed by atoms with Crippen LogP contribution in [-0.4, -0.2) is 10.7 Å². The Balaban J connectivity index is 4.20. The number of allylic oxidation sites excluding steroid dienone is 1. The standard InChI is InChI=1S/C8H15ClO/c1-6(2)5-7(9)8(3,4)10/h5-6,10H,1-4H3/b7-5-. The van der Waals surface area contributed by atoms with Crippen LogP contribution in [0.2, 0.25) is 0 Å². The van der Waals surface area contributed by atoms with Crippen molar-refractivity contribution >= 4 is 11.6 Å². The van der Waals surface area contributed by atoms with E-state index >= 15 is 0 Å². The highest BCUT2D eigenvalue weighted by atomic mass is 35.5. The minimum Gasteiger partial charge on any atom is -0.385 e. The first-order valence-electron chi connectivity index (χ1n) is 3.44. The number of hydrogen-bond acceptors (Lipinski definition) is 1. The van der Waals surface area contributed by atoms with Crippen LogP contribution in [0.1, 0.15) is 27.7 Å². The van der Waals surface area contributed by atoms with E-state index in [0.717, 1.165) is 0 Å². The van der Waals surface area contributed by atoms with Crippen LogP contribution in [0.15, 0.2) is 11.1 Å². The average Bonchev–Trinajstić information content (AvgIpc) is 1.60. The zero-order valence-corrected chi connectivity index (χ0v) is 7.74. The van der Waals surface area contributed by atoms with Crippen molar-refractivity contribution in [2.24, 2.45) is 5.92 Å². The van der Waals surface area contributed by atoms with E-state index in [9.17, 15) is 5.11 Å². The average molecular weight is 163 g/mol. The van der Waals surface area contributed by atoms with Crippen LogP contribution in [0.3, 0.4) is 0 Å². The van der Waals surface area contributed by atoms with E-state index in [1.807, 2.05) is 19.9 Å². The van der Waals surface area contributed by atoms with Gasteiger partial charge in [-0.05, 0) is 19.8 Å². The van der Waals surface area contributed by atoms with Crippen molar-refractivity contribution in [3.8, 4) is 0 Å². The Labute approximate surface area is 67.7 Å². The minimum atomic E-state index is -0.883. The SMILES string of the molecule is CC(C)/C=C(\Cl)C(C)(C)O. The second kappa shape index (κ2) is 3.40. The van der Waals surface area contributed by atoms with E-state index in [2.05, 4.69) is 0 Å². The first kappa shape index (κ1) is 9.99. The lowest BCUT2D eigenvalue weighted by Gasteiger charge is -2.16. The molecule has 10 heavy (non-hydrogen) atoms. The topological polar surface area (TPSA) is 20.2 Å². The Morgan fingerprint density at radius 2 is 1.90 bits per heavy atom. The molecule has 0 rings (SSSR count). The number of halogens is 1. The lowest BCUT2D eigenvalue weighted by Crippen LogP contribution is -2.18. The van der Waals surface area contributed by atoms with E-state index in [4.69, 9.17) is 11.6 Å². The molecule has 0 atom stereocenters. The Morgan fingerprint density at radius 1 is 1.50 bits per heavy atom. The van der Waals surface area contributed by atoms with Gasteiger partial charge < -0.3 is 5.11 Å². The van der Waals surface area contributed by atoms with Gasteiger partial charge in [0.05, 0.1) is 5.60 Å². The smallest absolute Gasteiger partial charge is 0.0942 e. The maximum Gasteiger partial charge on any atom is 0.0942 e. The predicted molar refractivity (Wildman–Crippen MR) is 45.1 cm³/mol. The van der Waals surface area contributed by atoms with Crippen molar-refractivity contribution in [1.29, 1.82) is 0 Å². The molecule has 0 heterocycles. The van der Waals surface area contributed by atoms with Gasteiger partial charge in [0.25, 0.3) is 0 Å². The van der Waals surface area contributed by atoms with Gasteiger partial charge in [0.1, 0.15) is 0 Å². The third-order valence-corrected chi connectivity index (χ3v) is 1.65. The summed E-state index contributed by atoms with van der Waals surface area (Å²) in [6, 6.07) is 0. The number of rotatable bonds is 2. The minimum absolute atomic E-state index is 0.388. The molecule has 0 unspecified atom stereocenters. The normalized spacial score (nSPS) is 14.5. The van der Waals surface area contributed by atoms with Crippen LogP contribution in [0.5, 0.6) is 0 Å². The van der Waals surface area contributed by atoms with Crippen LogP contribution in [-0.2, 0) is 0 Å². The Kier molecular flexibility index (Phi) is 3.40. The van der Waals surface area contributed by atoms with Crippen LogP contribution in [0.4, 0.5) is 0 Å². The van der Waals surface area contributed by atoms with Gasteiger partial charge in [0.15, 0.2) is 0 Å². The van der Waals surface area contributed by atoms with Crippen LogP contribution in [0, 0.1) is 5.92 Å². The zero-order valence-electron chi connectivity index (χ0n) is 6.98. The van der Waals surface area contributed by atoms with Gasteiger partial charge in [-0.25, -0.2) is 0 Å². The fraction of sp³-hybridized carbons (Fsp3) is 0.750.